The third-order valence-corrected chi connectivity index (χ3v) is 6.77. The molecule has 0 aliphatic carbocycles. The Bertz CT molecular complexity index is 1280. The molecule has 0 unspecified atom stereocenters. The molecule has 7 nitrogen and oxygen atoms in total. The minimum Gasteiger partial charge on any atom is -0.298 e. The summed E-state index contributed by atoms with van der Waals surface area (Å²) in [6, 6.07) is 12.6. The van der Waals surface area contributed by atoms with Gasteiger partial charge in [0, 0.05) is 42.4 Å². The molecule has 0 atom stereocenters. The second-order valence-electron chi connectivity index (χ2n) is 8.51. The van der Waals surface area contributed by atoms with Crippen LogP contribution < -0.4 is 5.32 Å². The first-order valence-corrected chi connectivity index (χ1v) is 11.7. The molecule has 1 aliphatic rings. The predicted octanol–water partition coefficient (Wildman–Crippen LogP) is 4.59. The van der Waals surface area contributed by atoms with Crippen molar-refractivity contribution in [3.8, 4) is 0 Å². The van der Waals surface area contributed by atoms with Crippen molar-refractivity contribution < 1.29 is 4.79 Å². The maximum atomic E-state index is 13.0. The summed E-state index contributed by atoms with van der Waals surface area (Å²) in [4.78, 5) is 26.0. The van der Waals surface area contributed by atoms with E-state index in [0.29, 0.717) is 16.4 Å². The molecule has 0 bridgehead atoms. The van der Waals surface area contributed by atoms with Gasteiger partial charge in [0.1, 0.15) is 0 Å². The summed E-state index contributed by atoms with van der Waals surface area (Å²) >= 11 is 1.57. The fourth-order valence-electron chi connectivity index (χ4n) is 4.12. The first kappa shape index (κ1) is 20.8. The molecule has 1 N–H and O–H groups in total. The van der Waals surface area contributed by atoms with E-state index in [4.69, 9.17) is 4.98 Å². The molecule has 4 aromatic rings. The molecule has 0 fully saturated rings. The number of hydrogen-bond donors (Lipinski definition) is 1. The zero-order valence-corrected chi connectivity index (χ0v) is 19.3. The molecule has 0 saturated carbocycles. The van der Waals surface area contributed by atoms with Crippen LogP contribution in [0.25, 0.3) is 11.0 Å². The van der Waals surface area contributed by atoms with Crippen molar-refractivity contribution in [2.24, 2.45) is 0 Å². The van der Waals surface area contributed by atoms with Crippen molar-refractivity contribution in [3.05, 3.63) is 70.0 Å². The smallest absolute Gasteiger partial charge is 0.259 e. The first-order valence-electron chi connectivity index (χ1n) is 10.9. The van der Waals surface area contributed by atoms with Crippen molar-refractivity contribution in [2.75, 3.05) is 11.9 Å². The molecule has 8 heteroatoms. The Balaban J connectivity index is 1.31. The zero-order chi connectivity index (χ0) is 22.2. The molecule has 32 heavy (non-hydrogen) atoms. The normalized spacial score (nSPS) is 14.1. The summed E-state index contributed by atoms with van der Waals surface area (Å²) in [7, 11) is 0. The number of nitrogens with one attached hydrogen (secondary N) is 1. The molecule has 1 aromatic carbocycles. The number of fused-ring (bicyclic) bond motifs is 2. The van der Waals surface area contributed by atoms with Gasteiger partial charge in [-0.05, 0) is 32.4 Å². The molecule has 164 valence electrons. The molecule has 0 spiro atoms. The highest BCUT2D eigenvalue weighted by Gasteiger charge is 2.22. The number of carbonyl (C=O) groups is 1. The number of thiazole rings is 1. The van der Waals surface area contributed by atoms with Crippen molar-refractivity contribution in [1.29, 1.82) is 0 Å². The molecule has 0 saturated heterocycles. The molecule has 3 aromatic heterocycles. The van der Waals surface area contributed by atoms with Crippen LogP contribution in [0.3, 0.4) is 0 Å². The van der Waals surface area contributed by atoms with Gasteiger partial charge >= 0.3 is 0 Å². The number of pyridine rings is 1. The third kappa shape index (κ3) is 4.03. The molecule has 1 aliphatic heterocycles. The number of nitrogens with zero attached hydrogens (tertiary/aromatic N) is 5. The summed E-state index contributed by atoms with van der Waals surface area (Å²) in [6.07, 6.45) is 2.66. The number of hydrogen-bond acceptors (Lipinski definition) is 6. The van der Waals surface area contributed by atoms with Gasteiger partial charge in [-0.25, -0.2) is 14.6 Å². The summed E-state index contributed by atoms with van der Waals surface area (Å²) in [5.41, 5.74) is 4.45. The Morgan fingerprint density at radius 3 is 2.81 bits per heavy atom. The highest BCUT2D eigenvalue weighted by Crippen LogP contribution is 2.30. The average molecular weight is 447 g/mol. The number of benzene rings is 1. The van der Waals surface area contributed by atoms with Crippen LogP contribution in [-0.4, -0.2) is 37.1 Å². The standard InChI is InChI=1S/C24H26N6OS/c1-15(2)30-22-18(12-25-30)11-19(16(3)26-22)23(31)28-24-27-20-9-10-29(14-21(20)32-24)13-17-7-5-4-6-8-17/h4-8,11-12,15H,9-10,13-14H2,1-3H3,(H,27,28,31). The van der Waals surface area contributed by atoms with E-state index in [1.54, 1.807) is 17.5 Å². The van der Waals surface area contributed by atoms with Gasteiger partial charge in [-0.1, -0.05) is 30.3 Å². The predicted molar refractivity (Wildman–Crippen MR) is 127 cm³/mol. The molecule has 5 rings (SSSR count). The van der Waals surface area contributed by atoms with Gasteiger partial charge in [0.15, 0.2) is 10.8 Å². The molecule has 4 heterocycles. The lowest BCUT2D eigenvalue weighted by molar-refractivity contribution is 0.102. The van der Waals surface area contributed by atoms with Gasteiger partial charge in [-0.15, -0.1) is 11.3 Å². The van der Waals surface area contributed by atoms with E-state index >= 15 is 0 Å². The highest BCUT2D eigenvalue weighted by atomic mass is 32.1. The number of aryl methyl sites for hydroxylation is 1. The van der Waals surface area contributed by atoms with Gasteiger partial charge in [0.2, 0.25) is 0 Å². The van der Waals surface area contributed by atoms with Crippen LogP contribution in [0.5, 0.6) is 0 Å². The van der Waals surface area contributed by atoms with E-state index < -0.39 is 0 Å². The minimum atomic E-state index is -0.179. The Labute approximate surface area is 191 Å². The first-order chi connectivity index (χ1) is 15.5. The topological polar surface area (TPSA) is 75.9 Å². The average Bonchev–Trinajstić information content (AvgIpc) is 3.36. The fraction of sp³-hybridized carbons (Fsp3) is 0.333. The molecular weight excluding hydrogens is 420 g/mol. The molecule has 1 amide bonds. The largest absolute Gasteiger partial charge is 0.298 e. The number of rotatable bonds is 5. The summed E-state index contributed by atoms with van der Waals surface area (Å²) < 4.78 is 1.88. The second-order valence-corrected chi connectivity index (χ2v) is 9.59. The zero-order valence-electron chi connectivity index (χ0n) is 18.5. The third-order valence-electron chi connectivity index (χ3n) is 5.77. The SMILES string of the molecule is Cc1nc2c(cnn2C(C)C)cc1C(=O)Nc1nc2c(s1)CN(Cc1ccccc1)CC2. The van der Waals surface area contributed by atoms with E-state index in [9.17, 15) is 4.79 Å². The van der Waals surface area contributed by atoms with Crippen molar-refractivity contribution in [2.45, 2.75) is 46.3 Å². The van der Waals surface area contributed by atoms with E-state index in [-0.39, 0.29) is 11.9 Å². The van der Waals surface area contributed by atoms with Gasteiger partial charge in [0.05, 0.1) is 23.1 Å². The van der Waals surface area contributed by atoms with Gasteiger partial charge in [-0.3, -0.25) is 15.0 Å². The summed E-state index contributed by atoms with van der Waals surface area (Å²) in [6.45, 7) is 8.75. The second kappa shape index (κ2) is 8.44. The van der Waals surface area contributed by atoms with E-state index in [2.05, 4.69) is 58.4 Å². The lowest BCUT2D eigenvalue weighted by Gasteiger charge is -2.25. The summed E-state index contributed by atoms with van der Waals surface area (Å²) in [5, 5.41) is 8.92. The van der Waals surface area contributed by atoms with Crippen molar-refractivity contribution in [3.63, 3.8) is 0 Å². The van der Waals surface area contributed by atoms with Crippen LogP contribution in [0.1, 0.15) is 52.1 Å². The Morgan fingerprint density at radius 2 is 2.03 bits per heavy atom. The van der Waals surface area contributed by atoms with E-state index in [1.165, 1.54) is 10.4 Å². The monoisotopic (exact) mass is 446 g/mol. The summed E-state index contributed by atoms with van der Waals surface area (Å²) in [5.74, 6) is -0.179. The van der Waals surface area contributed by atoms with Crippen LogP contribution in [-0.2, 0) is 19.5 Å². The number of carbonyl (C=O) groups excluding carboxylic acids is 1. The van der Waals surface area contributed by atoms with Gasteiger partial charge < -0.3 is 0 Å². The Kier molecular flexibility index (Phi) is 5.48. The fourth-order valence-corrected chi connectivity index (χ4v) is 5.16. The van der Waals surface area contributed by atoms with Crippen LogP contribution in [0.2, 0.25) is 0 Å². The lowest BCUT2D eigenvalue weighted by atomic mass is 10.1. The maximum Gasteiger partial charge on any atom is 0.259 e. The minimum absolute atomic E-state index is 0.179. The maximum absolute atomic E-state index is 13.0. The molecular formula is C24H26N6OS. The van der Waals surface area contributed by atoms with Crippen LogP contribution >= 0.6 is 11.3 Å². The quantitative estimate of drug-likeness (QED) is 0.485. The van der Waals surface area contributed by atoms with E-state index in [1.807, 2.05) is 23.7 Å². The highest BCUT2D eigenvalue weighted by molar-refractivity contribution is 7.15. The lowest BCUT2D eigenvalue weighted by Crippen LogP contribution is -2.29. The number of amides is 1. The molecule has 0 radical (unpaired) electrons. The Morgan fingerprint density at radius 1 is 1.22 bits per heavy atom. The van der Waals surface area contributed by atoms with Gasteiger partial charge in [0.25, 0.3) is 5.91 Å². The van der Waals surface area contributed by atoms with Crippen LogP contribution in [0, 0.1) is 6.92 Å². The van der Waals surface area contributed by atoms with Crippen molar-refractivity contribution in [1.82, 2.24) is 24.6 Å². The number of anilines is 1. The van der Waals surface area contributed by atoms with E-state index in [0.717, 1.165) is 42.8 Å². The van der Waals surface area contributed by atoms with Crippen LogP contribution in [0.4, 0.5) is 5.13 Å². The van der Waals surface area contributed by atoms with Crippen LogP contribution in [0.15, 0.2) is 42.6 Å². The van der Waals surface area contributed by atoms with Gasteiger partial charge in [-0.2, -0.15) is 5.10 Å². The Hall–Kier alpha value is -3.10. The van der Waals surface area contributed by atoms with Crippen molar-refractivity contribution >= 4 is 33.4 Å². The number of aromatic nitrogens is 4.